The van der Waals surface area contributed by atoms with Crippen LogP contribution in [0.25, 0.3) is 0 Å². The Morgan fingerprint density at radius 3 is 2.16 bits per heavy atom. The van der Waals surface area contributed by atoms with E-state index in [0.29, 0.717) is 18.7 Å². The van der Waals surface area contributed by atoms with Crippen LogP contribution in [0.5, 0.6) is 0 Å². The van der Waals surface area contributed by atoms with E-state index >= 15 is 0 Å². The Kier molecular flexibility index (Phi) is 7.66. The summed E-state index contributed by atoms with van der Waals surface area (Å²) in [6, 6.07) is 17.4. The number of nitrogens with one attached hydrogen (secondary N) is 3. The third kappa shape index (κ3) is 6.04. The second kappa shape index (κ2) is 10.3. The quantitative estimate of drug-likeness (QED) is 0.614. The number of hydrogen-bond donors (Lipinski definition) is 3. The summed E-state index contributed by atoms with van der Waals surface area (Å²) in [5, 5.41) is 8.94. The van der Waals surface area contributed by atoms with Crippen LogP contribution in [0.15, 0.2) is 60.7 Å². The van der Waals surface area contributed by atoms with Crippen molar-refractivity contribution in [2.45, 2.75) is 19.4 Å². The molecule has 0 fully saturated rings. The molecule has 5 heteroatoms. The number of benzene rings is 2. The Morgan fingerprint density at radius 1 is 0.880 bits per heavy atom. The van der Waals surface area contributed by atoms with Gasteiger partial charge in [-0.25, -0.2) is 0 Å². The van der Waals surface area contributed by atoms with Gasteiger partial charge in [0.2, 0.25) is 5.91 Å². The van der Waals surface area contributed by atoms with Gasteiger partial charge in [-0.1, -0.05) is 55.5 Å². The van der Waals surface area contributed by atoms with Gasteiger partial charge in [0.15, 0.2) is 0 Å². The van der Waals surface area contributed by atoms with Crippen LogP contribution in [-0.2, 0) is 4.79 Å². The molecule has 0 bridgehead atoms. The molecule has 0 aliphatic carbocycles. The lowest BCUT2D eigenvalue weighted by atomic mass is 10.1. The van der Waals surface area contributed by atoms with Crippen LogP contribution in [0.2, 0.25) is 0 Å². The summed E-state index contributed by atoms with van der Waals surface area (Å²) >= 11 is 0. The Balaban J connectivity index is 2.03. The molecule has 1 atom stereocenters. The highest BCUT2D eigenvalue weighted by Gasteiger charge is 2.22. The molecule has 0 aromatic heterocycles. The van der Waals surface area contributed by atoms with Crippen molar-refractivity contribution >= 4 is 11.8 Å². The minimum Gasteiger partial charge on any atom is -0.353 e. The zero-order valence-corrected chi connectivity index (χ0v) is 14.5. The molecule has 0 aliphatic heterocycles. The molecule has 0 aliphatic rings. The maximum absolute atomic E-state index is 12.6. The van der Waals surface area contributed by atoms with Gasteiger partial charge in [-0.05, 0) is 30.7 Å². The Hall–Kier alpha value is -2.66. The maximum Gasteiger partial charge on any atom is 0.252 e. The van der Waals surface area contributed by atoms with Crippen molar-refractivity contribution in [3.8, 4) is 0 Å². The van der Waals surface area contributed by atoms with Crippen LogP contribution in [0.1, 0.15) is 35.3 Å². The van der Waals surface area contributed by atoms with E-state index in [4.69, 9.17) is 0 Å². The second-order valence-electron chi connectivity index (χ2n) is 5.72. The summed E-state index contributed by atoms with van der Waals surface area (Å²) in [6.07, 6.45) is 1.05. The van der Waals surface area contributed by atoms with E-state index in [9.17, 15) is 9.59 Å². The number of rotatable bonds is 9. The third-order valence-corrected chi connectivity index (χ3v) is 3.73. The molecule has 0 heterocycles. The topological polar surface area (TPSA) is 70.2 Å². The monoisotopic (exact) mass is 339 g/mol. The van der Waals surface area contributed by atoms with E-state index in [1.54, 1.807) is 24.3 Å². The molecule has 0 saturated heterocycles. The van der Waals surface area contributed by atoms with Crippen molar-refractivity contribution in [3.63, 3.8) is 0 Å². The predicted octanol–water partition coefficient (Wildman–Crippen LogP) is 2.27. The summed E-state index contributed by atoms with van der Waals surface area (Å²) in [6.45, 7) is 4.23. The molecule has 132 valence electrons. The highest BCUT2D eigenvalue weighted by atomic mass is 16.2. The van der Waals surface area contributed by atoms with Gasteiger partial charge < -0.3 is 16.0 Å². The molecule has 25 heavy (non-hydrogen) atoms. The lowest BCUT2D eigenvalue weighted by molar-refractivity contribution is -0.123. The Morgan fingerprint density at radius 2 is 1.52 bits per heavy atom. The summed E-state index contributed by atoms with van der Waals surface area (Å²) < 4.78 is 0. The van der Waals surface area contributed by atoms with Crippen molar-refractivity contribution in [2.75, 3.05) is 19.6 Å². The summed E-state index contributed by atoms with van der Waals surface area (Å²) in [7, 11) is 0. The molecule has 1 unspecified atom stereocenters. The average molecular weight is 339 g/mol. The van der Waals surface area contributed by atoms with Crippen molar-refractivity contribution in [1.29, 1.82) is 0 Å². The zero-order chi connectivity index (χ0) is 17.9. The lowest BCUT2D eigenvalue weighted by Gasteiger charge is -2.19. The SMILES string of the molecule is CCCNCCNC(=O)C(NC(=O)c1ccccc1)c1ccccc1. The minimum atomic E-state index is -0.722. The van der Waals surface area contributed by atoms with Gasteiger partial charge >= 0.3 is 0 Å². The standard InChI is InChI=1S/C20H25N3O2/c1-2-13-21-14-15-22-20(25)18(16-9-5-3-6-10-16)23-19(24)17-11-7-4-8-12-17/h3-12,18,21H,2,13-15H2,1H3,(H,22,25)(H,23,24). The minimum absolute atomic E-state index is 0.214. The Bertz CT molecular complexity index is 659. The summed E-state index contributed by atoms with van der Waals surface area (Å²) in [4.78, 5) is 25.0. The van der Waals surface area contributed by atoms with Gasteiger partial charge in [-0.15, -0.1) is 0 Å². The first kappa shape index (κ1) is 18.7. The molecule has 2 aromatic rings. The van der Waals surface area contributed by atoms with Gasteiger partial charge in [0.05, 0.1) is 0 Å². The van der Waals surface area contributed by atoms with Gasteiger partial charge in [-0.3, -0.25) is 9.59 Å². The molecular formula is C20H25N3O2. The Labute approximate surface area is 148 Å². The van der Waals surface area contributed by atoms with E-state index in [-0.39, 0.29) is 11.8 Å². The summed E-state index contributed by atoms with van der Waals surface area (Å²) in [5.41, 5.74) is 1.28. The van der Waals surface area contributed by atoms with Crippen molar-refractivity contribution in [2.24, 2.45) is 0 Å². The molecule has 0 radical (unpaired) electrons. The van der Waals surface area contributed by atoms with E-state index in [0.717, 1.165) is 18.5 Å². The lowest BCUT2D eigenvalue weighted by Crippen LogP contribution is -2.42. The molecule has 2 aromatic carbocycles. The molecule has 0 saturated carbocycles. The van der Waals surface area contributed by atoms with Crippen molar-refractivity contribution < 1.29 is 9.59 Å². The maximum atomic E-state index is 12.6. The highest BCUT2D eigenvalue weighted by Crippen LogP contribution is 2.14. The van der Waals surface area contributed by atoms with E-state index in [1.807, 2.05) is 36.4 Å². The fourth-order valence-electron chi connectivity index (χ4n) is 2.43. The van der Waals surface area contributed by atoms with Crippen LogP contribution in [0.3, 0.4) is 0 Å². The predicted molar refractivity (Wildman–Crippen MR) is 99.3 cm³/mol. The number of carbonyl (C=O) groups excluding carboxylic acids is 2. The largest absolute Gasteiger partial charge is 0.353 e. The number of carbonyl (C=O) groups is 2. The van der Waals surface area contributed by atoms with E-state index in [1.165, 1.54) is 0 Å². The highest BCUT2D eigenvalue weighted by molar-refractivity contribution is 5.97. The fraction of sp³-hybridized carbons (Fsp3) is 0.300. The van der Waals surface area contributed by atoms with Crippen LogP contribution < -0.4 is 16.0 Å². The first-order valence-corrected chi connectivity index (χ1v) is 8.61. The molecular weight excluding hydrogens is 314 g/mol. The zero-order valence-electron chi connectivity index (χ0n) is 14.5. The van der Waals surface area contributed by atoms with Crippen molar-refractivity contribution in [1.82, 2.24) is 16.0 Å². The third-order valence-electron chi connectivity index (χ3n) is 3.73. The number of hydrogen-bond acceptors (Lipinski definition) is 3. The first-order chi connectivity index (χ1) is 12.2. The second-order valence-corrected chi connectivity index (χ2v) is 5.72. The molecule has 2 rings (SSSR count). The normalized spacial score (nSPS) is 11.6. The number of amides is 2. The van der Waals surface area contributed by atoms with Gasteiger partial charge in [0.25, 0.3) is 5.91 Å². The van der Waals surface area contributed by atoms with Gasteiger partial charge in [0, 0.05) is 18.7 Å². The first-order valence-electron chi connectivity index (χ1n) is 8.61. The van der Waals surface area contributed by atoms with E-state index in [2.05, 4.69) is 22.9 Å². The van der Waals surface area contributed by atoms with E-state index < -0.39 is 6.04 Å². The summed E-state index contributed by atoms with van der Waals surface area (Å²) in [5.74, 6) is -0.484. The smallest absolute Gasteiger partial charge is 0.252 e. The van der Waals surface area contributed by atoms with Crippen LogP contribution >= 0.6 is 0 Å². The van der Waals surface area contributed by atoms with Gasteiger partial charge in [-0.2, -0.15) is 0 Å². The molecule has 3 N–H and O–H groups in total. The molecule has 2 amide bonds. The average Bonchev–Trinajstić information content (AvgIpc) is 2.67. The van der Waals surface area contributed by atoms with Crippen molar-refractivity contribution in [3.05, 3.63) is 71.8 Å². The van der Waals surface area contributed by atoms with Crippen LogP contribution in [-0.4, -0.2) is 31.4 Å². The molecule has 5 nitrogen and oxygen atoms in total. The van der Waals surface area contributed by atoms with Crippen LogP contribution in [0.4, 0.5) is 0 Å². The fourth-order valence-corrected chi connectivity index (χ4v) is 2.43. The molecule has 0 spiro atoms. The van der Waals surface area contributed by atoms with Gasteiger partial charge in [0.1, 0.15) is 6.04 Å². The van der Waals surface area contributed by atoms with Crippen LogP contribution in [0, 0.1) is 0 Å².